The van der Waals surface area contributed by atoms with Crippen molar-refractivity contribution < 1.29 is 0 Å². The SMILES string of the molecule is CC(C)c1c[nH]c(=S)n1C(C)CN1CCCCC1. The van der Waals surface area contributed by atoms with E-state index < -0.39 is 0 Å². The average molecular weight is 267 g/mol. The number of nitrogens with zero attached hydrogens (tertiary/aromatic N) is 2. The van der Waals surface area contributed by atoms with E-state index in [0.29, 0.717) is 12.0 Å². The van der Waals surface area contributed by atoms with Gasteiger partial charge in [0.15, 0.2) is 4.77 Å². The molecule has 0 radical (unpaired) electrons. The average Bonchev–Trinajstić information content (AvgIpc) is 2.72. The van der Waals surface area contributed by atoms with Crippen LogP contribution in [-0.2, 0) is 0 Å². The van der Waals surface area contributed by atoms with Crippen LogP contribution in [0.3, 0.4) is 0 Å². The maximum Gasteiger partial charge on any atom is 0.177 e. The fourth-order valence-corrected chi connectivity index (χ4v) is 3.23. The normalized spacial score (nSPS) is 19.3. The number of aromatic nitrogens is 2. The van der Waals surface area contributed by atoms with E-state index in [1.165, 1.54) is 38.0 Å². The Morgan fingerprint density at radius 1 is 1.22 bits per heavy atom. The van der Waals surface area contributed by atoms with Gasteiger partial charge in [0.1, 0.15) is 0 Å². The summed E-state index contributed by atoms with van der Waals surface area (Å²) in [5.41, 5.74) is 1.32. The van der Waals surface area contributed by atoms with Crippen LogP contribution in [0.2, 0.25) is 0 Å². The van der Waals surface area contributed by atoms with Gasteiger partial charge in [-0.1, -0.05) is 20.3 Å². The third kappa shape index (κ3) is 3.04. The highest BCUT2D eigenvalue weighted by atomic mass is 32.1. The molecule has 0 spiro atoms. The molecule has 2 heterocycles. The van der Waals surface area contributed by atoms with Crippen molar-refractivity contribution in [2.45, 2.75) is 52.0 Å². The molecule has 2 rings (SSSR count). The molecular formula is C14H25N3S. The maximum absolute atomic E-state index is 5.42. The maximum atomic E-state index is 5.42. The molecule has 1 aromatic heterocycles. The van der Waals surface area contributed by atoms with Gasteiger partial charge in [-0.25, -0.2) is 0 Å². The van der Waals surface area contributed by atoms with E-state index in [9.17, 15) is 0 Å². The summed E-state index contributed by atoms with van der Waals surface area (Å²) in [5, 5.41) is 0. The van der Waals surface area contributed by atoms with Gasteiger partial charge in [-0.05, 0) is 51.0 Å². The van der Waals surface area contributed by atoms with Gasteiger partial charge in [0.25, 0.3) is 0 Å². The second-order valence-corrected chi connectivity index (χ2v) is 6.14. The molecule has 1 N–H and O–H groups in total. The Balaban J connectivity index is 2.10. The second-order valence-electron chi connectivity index (χ2n) is 5.75. The predicted molar refractivity (Wildman–Crippen MR) is 78.7 cm³/mol. The van der Waals surface area contributed by atoms with E-state index >= 15 is 0 Å². The van der Waals surface area contributed by atoms with Crippen molar-refractivity contribution >= 4 is 12.2 Å². The van der Waals surface area contributed by atoms with Crippen molar-refractivity contribution in [1.29, 1.82) is 0 Å². The fourth-order valence-electron chi connectivity index (χ4n) is 2.89. The smallest absolute Gasteiger partial charge is 0.177 e. The van der Waals surface area contributed by atoms with Crippen LogP contribution in [-0.4, -0.2) is 34.1 Å². The number of likely N-dealkylation sites (tertiary alicyclic amines) is 1. The number of nitrogens with one attached hydrogen (secondary N) is 1. The third-order valence-corrected chi connectivity index (χ3v) is 4.16. The van der Waals surface area contributed by atoms with Crippen LogP contribution < -0.4 is 0 Å². The Morgan fingerprint density at radius 3 is 2.50 bits per heavy atom. The van der Waals surface area contributed by atoms with Crippen LogP contribution in [0.4, 0.5) is 0 Å². The van der Waals surface area contributed by atoms with Crippen LogP contribution >= 0.6 is 12.2 Å². The molecule has 1 fully saturated rings. The third-order valence-electron chi connectivity index (χ3n) is 3.84. The molecule has 0 aromatic carbocycles. The molecule has 1 atom stereocenters. The Hall–Kier alpha value is -0.610. The lowest BCUT2D eigenvalue weighted by atomic mass is 10.1. The number of hydrogen-bond donors (Lipinski definition) is 1. The van der Waals surface area contributed by atoms with Crippen molar-refractivity contribution in [2.75, 3.05) is 19.6 Å². The number of imidazole rings is 1. The second kappa shape index (κ2) is 6.02. The van der Waals surface area contributed by atoms with Crippen molar-refractivity contribution in [1.82, 2.24) is 14.5 Å². The molecule has 1 aromatic rings. The Bertz CT molecular complexity index is 426. The molecule has 1 unspecified atom stereocenters. The van der Waals surface area contributed by atoms with Gasteiger partial charge in [0.2, 0.25) is 0 Å². The molecule has 0 amide bonds. The van der Waals surface area contributed by atoms with Gasteiger partial charge < -0.3 is 14.5 Å². The van der Waals surface area contributed by atoms with Gasteiger partial charge >= 0.3 is 0 Å². The van der Waals surface area contributed by atoms with Crippen LogP contribution in [0.15, 0.2) is 6.20 Å². The van der Waals surface area contributed by atoms with Crippen LogP contribution in [0, 0.1) is 4.77 Å². The lowest BCUT2D eigenvalue weighted by Gasteiger charge is -2.30. The molecule has 4 heteroatoms. The highest BCUT2D eigenvalue weighted by molar-refractivity contribution is 7.71. The summed E-state index contributed by atoms with van der Waals surface area (Å²) >= 11 is 5.42. The first-order chi connectivity index (χ1) is 8.59. The zero-order valence-electron chi connectivity index (χ0n) is 11.8. The summed E-state index contributed by atoms with van der Waals surface area (Å²) in [6, 6.07) is 0.458. The van der Waals surface area contributed by atoms with E-state index in [1.54, 1.807) is 0 Å². The summed E-state index contributed by atoms with van der Waals surface area (Å²) in [5.74, 6) is 0.516. The molecule has 0 bridgehead atoms. The van der Waals surface area contributed by atoms with Crippen LogP contribution in [0.1, 0.15) is 57.7 Å². The fraction of sp³-hybridized carbons (Fsp3) is 0.786. The van der Waals surface area contributed by atoms with Gasteiger partial charge in [-0.15, -0.1) is 0 Å². The summed E-state index contributed by atoms with van der Waals surface area (Å²) in [6.45, 7) is 10.3. The van der Waals surface area contributed by atoms with Gasteiger partial charge in [-0.2, -0.15) is 0 Å². The Morgan fingerprint density at radius 2 is 1.89 bits per heavy atom. The first kappa shape index (κ1) is 13.8. The van der Waals surface area contributed by atoms with E-state index in [4.69, 9.17) is 12.2 Å². The summed E-state index contributed by atoms with van der Waals surface area (Å²) < 4.78 is 3.16. The molecule has 3 nitrogen and oxygen atoms in total. The van der Waals surface area contributed by atoms with Crippen molar-refractivity contribution in [2.24, 2.45) is 0 Å². The van der Waals surface area contributed by atoms with Crippen LogP contribution in [0.5, 0.6) is 0 Å². The van der Waals surface area contributed by atoms with Gasteiger partial charge in [0, 0.05) is 24.5 Å². The minimum atomic E-state index is 0.458. The standard InChI is InChI=1S/C14H25N3S/c1-11(2)13-9-15-14(18)17(13)12(3)10-16-7-5-4-6-8-16/h9,11-12H,4-8,10H2,1-3H3,(H,15,18). The van der Waals surface area contributed by atoms with Crippen molar-refractivity contribution in [3.05, 3.63) is 16.7 Å². The van der Waals surface area contributed by atoms with E-state index in [1.807, 2.05) is 0 Å². The first-order valence-corrected chi connectivity index (χ1v) is 7.52. The van der Waals surface area contributed by atoms with E-state index in [-0.39, 0.29) is 0 Å². The molecule has 102 valence electrons. The number of piperidine rings is 1. The highest BCUT2D eigenvalue weighted by Gasteiger charge is 2.18. The zero-order valence-corrected chi connectivity index (χ0v) is 12.6. The molecule has 0 saturated carbocycles. The van der Waals surface area contributed by atoms with E-state index in [2.05, 4.69) is 41.4 Å². The minimum absolute atomic E-state index is 0.458. The Kier molecular flexibility index (Phi) is 4.62. The number of H-pyrrole nitrogens is 1. The molecule has 0 aliphatic carbocycles. The quantitative estimate of drug-likeness (QED) is 0.841. The van der Waals surface area contributed by atoms with Gasteiger partial charge in [-0.3, -0.25) is 0 Å². The monoisotopic (exact) mass is 267 g/mol. The number of aromatic amines is 1. The minimum Gasteiger partial charge on any atom is -0.337 e. The summed E-state index contributed by atoms with van der Waals surface area (Å²) in [4.78, 5) is 5.77. The Labute approximate surface area is 115 Å². The summed E-state index contributed by atoms with van der Waals surface area (Å²) in [7, 11) is 0. The topological polar surface area (TPSA) is 24.0 Å². The molecule has 1 saturated heterocycles. The van der Waals surface area contributed by atoms with Crippen molar-refractivity contribution in [3.8, 4) is 0 Å². The predicted octanol–water partition coefficient (Wildman–Crippen LogP) is 3.72. The molecule has 18 heavy (non-hydrogen) atoms. The van der Waals surface area contributed by atoms with Crippen LogP contribution in [0.25, 0.3) is 0 Å². The molecule has 1 aliphatic heterocycles. The zero-order chi connectivity index (χ0) is 13.1. The lowest BCUT2D eigenvalue weighted by Crippen LogP contribution is -2.34. The highest BCUT2D eigenvalue weighted by Crippen LogP contribution is 2.21. The summed E-state index contributed by atoms with van der Waals surface area (Å²) in [6.07, 6.45) is 6.16. The lowest BCUT2D eigenvalue weighted by molar-refractivity contribution is 0.200. The van der Waals surface area contributed by atoms with Gasteiger partial charge in [0.05, 0.1) is 0 Å². The molecular weight excluding hydrogens is 242 g/mol. The number of rotatable bonds is 4. The van der Waals surface area contributed by atoms with Crippen molar-refractivity contribution in [3.63, 3.8) is 0 Å². The first-order valence-electron chi connectivity index (χ1n) is 7.11. The van der Waals surface area contributed by atoms with E-state index in [0.717, 1.165) is 11.3 Å². The molecule has 1 aliphatic rings. The number of hydrogen-bond acceptors (Lipinski definition) is 2. The largest absolute Gasteiger partial charge is 0.337 e.